The molecule has 0 saturated carbocycles. The molecule has 0 bridgehead atoms. The smallest absolute Gasteiger partial charge is 0.465 e. The zero-order valence-electron chi connectivity index (χ0n) is 13.1. The van der Waals surface area contributed by atoms with Crippen molar-refractivity contribution in [1.82, 2.24) is 0 Å². The van der Waals surface area contributed by atoms with Crippen LogP contribution in [0, 0.1) is 0 Å². The van der Waals surface area contributed by atoms with Crippen LogP contribution >= 0.6 is 0 Å². The van der Waals surface area contributed by atoms with Gasteiger partial charge in [0.15, 0.2) is 0 Å². The van der Waals surface area contributed by atoms with Crippen LogP contribution in [-0.2, 0) is 18.8 Å². The Hall–Kier alpha value is -1.33. The van der Waals surface area contributed by atoms with Gasteiger partial charge >= 0.3 is 13.1 Å². The Balaban J connectivity index is 3.16. The molecule has 0 aromatic rings. The molecular formula is C15H23BO4. The molecule has 0 N–H and O–H groups in total. The van der Waals surface area contributed by atoms with E-state index in [4.69, 9.17) is 14.0 Å². The van der Waals surface area contributed by atoms with Crippen molar-refractivity contribution in [2.24, 2.45) is 0 Å². The average molecular weight is 278 g/mol. The van der Waals surface area contributed by atoms with Crippen molar-refractivity contribution in [1.29, 1.82) is 0 Å². The zero-order valence-corrected chi connectivity index (χ0v) is 13.1. The molecule has 0 radical (unpaired) electrons. The van der Waals surface area contributed by atoms with Gasteiger partial charge in [0.25, 0.3) is 0 Å². The van der Waals surface area contributed by atoms with Crippen LogP contribution in [0.1, 0.15) is 34.6 Å². The largest absolute Gasteiger partial charge is 0.495 e. The maximum atomic E-state index is 11.9. The summed E-state index contributed by atoms with van der Waals surface area (Å²) in [5.74, 6) is -0.421. The number of hydrogen-bond acceptors (Lipinski definition) is 4. The molecule has 20 heavy (non-hydrogen) atoms. The quantitative estimate of drug-likeness (QED) is 0.343. The van der Waals surface area contributed by atoms with E-state index in [0.29, 0.717) is 11.0 Å². The van der Waals surface area contributed by atoms with Crippen molar-refractivity contribution < 1.29 is 18.8 Å². The number of hydrogen-bond donors (Lipinski definition) is 0. The van der Waals surface area contributed by atoms with E-state index >= 15 is 0 Å². The summed E-state index contributed by atoms with van der Waals surface area (Å²) in [5.41, 5.74) is 0.110. The molecule has 0 unspecified atom stereocenters. The number of carbonyl (C=O) groups is 1. The third kappa shape index (κ3) is 3.05. The third-order valence-electron chi connectivity index (χ3n) is 3.81. The van der Waals surface area contributed by atoms with Crippen LogP contribution in [0.5, 0.6) is 0 Å². The van der Waals surface area contributed by atoms with Gasteiger partial charge in [-0.25, -0.2) is 4.79 Å². The van der Waals surface area contributed by atoms with Crippen molar-refractivity contribution in [3.8, 4) is 0 Å². The van der Waals surface area contributed by atoms with Crippen LogP contribution in [0.15, 0.2) is 35.9 Å². The predicted octanol–water partition coefficient (Wildman–Crippen LogP) is 2.85. The zero-order chi connectivity index (χ0) is 15.6. The molecule has 1 rings (SSSR count). The van der Waals surface area contributed by atoms with Crippen LogP contribution < -0.4 is 0 Å². The molecule has 0 spiro atoms. The van der Waals surface area contributed by atoms with Crippen molar-refractivity contribution in [3.05, 3.63) is 35.9 Å². The average Bonchev–Trinajstić information content (AvgIpc) is 2.57. The van der Waals surface area contributed by atoms with Crippen LogP contribution in [0.25, 0.3) is 0 Å². The van der Waals surface area contributed by atoms with E-state index < -0.39 is 24.3 Å². The first kappa shape index (κ1) is 16.7. The van der Waals surface area contributed by atoms with Crippen molar-refractivity contribution >= 4 is 13.1 Å². The molecule has 0 amide bonds. The maximum Gasteiger partial charge on any atom is 0.495 e. The van der Waals surface area contributed by atoms with E-state index in [-0.39, 0.29) is 0 Å². The van der Waals surface area contributed by atoms with E-state index in [1.807, 2.05) is 27.7 Å². The summed E-state index contributed by atoms with van der Waals surface area (Å²) in [4.78, 5) is 11.9. The lowest BCUT2D eigenvalue weighted by Gasteiger charge is -2.32. The SMILES string of the molecule is C=C/C=C(B1OC(C)(C)C(C)(C)O1)\C(=C/C)C(=O)OC. The summed E-state index contributed by atoms with van der Waals surface area (Å²) in [5, 5.41) is 0. The number of carbonyl (C=O) groups excluding carboxylic acids is 1. The van der Waals surface area contributed by atoms with Crippen molar-refractivity contribution in [2.45, 2.75) is 45.8 Å². The molecule has 4 nitrogen and oxygen atoms in total. The van der Waals surface area contributed by atoms with E-state index in [1.165, 1.54) is 7.11 Å². The van der Waals surface area contributed by atoms with Gasteiger partial charge in [0.1, 0.15) is 0 Å². The normalized spacial score (nSPS) is 21.8. The summed E-state index contributed by atoms with van der Waals surface area (Å²) in [6.07, 6.45) is 5.01. The first-order valence-corrected chi connectivity index (χ1v) is 6.63. The van der Waals surface area contributed by atoms with Gasteiger partial charge in [0.05, 0.1) is 23.9 Å². The summed E-state index contributed by atoms with van der Waals surface area (Å²) >= 11 is 0. The molecule has 110 valence electrons. The third-order valence-corrected chi connectivity index (χ3v) is 3.81. The fraction of sp³-hybridized carbons (Fsp3) is 0.533. The minimum atomic E-state index is -0.622. The highest BCUT2D eigenvalue weighted by atomic mass is 16.7. The Kier molecular flexibility index (Phi) is 5.00. The highest BCUT2D eigenvalue weighted by Crippen LogP contribution is 2.39. The number of methoxy groups -OCH3 is 1. The summed E-state index contributed by atoms with van der Waals surface area (Å²) in [6.45, 7) is 13.3. The molecule has 1 fully saturated rings. The Labute approximate surface area is 121 Å². The lowest BCUT2D eigenvalue weighted by molar-refractivity contribution is -0.135. The summed E-state index contributed by atoms with van der Waals surface area (Å²) in [6, 6.07) is 0. The first-order chi connectivity index (χ1) is 9.20. The number of rotatable bonds is 4. The lowest BCUT2D eigenvalue weighted by Crippen LogP contribution is -2.41. The standard InChI is InChI=1S/C15H23BO4/c1-8-10-12(11(9-2)13(17)18-7)16-19-14(3,4)15(5,6)20-16/h8-10H,1H2,2-7H3/b11-9+,12-10+. The fourth-order valence-electron chi connectivity index (χ4n) is 1.90. The van der Waals surface area contributed by atoms with Gasteiger partial charge in [0, 0.05) is 0 Å². The van der Waals surface area contributed by atoms with Gasteiger partial charge in [-0.3, -0.25) is 0 Å². The van der Waals surface area contributed by atoms with Crippen molar-refractivity contribution in [3.63, 3.8) is 0 Å². The summed E-state index contributed by atoms with van der Waals surface area (Å²) < 4.78 is 16.7. The maximum absolute atomic E-state index is 11.9. The van der Waals surface area contributed by atoms with Gasteiger partial charge in [0.2, 0.25) is 0 Å². The Morgan fingerprint density at radius 3 is 2.05 bits per heavy atom. The second-order valence-electron chi connectivity index (χ2n) is 5.64. The first-order valence-electron chi connectivity index (χ1n) is 6.63. The van der Waals surface area contributed by atoms with E-state index in [1.54, 1.807) is 25.2 Å². The number of ether oxygens (including phenoxy) is 1. The van der Waals surface area contributed by atoms with Crippen LogP contribution in [0.4, 0.5) is 0 Å². The highest BCUT2D eigenvalue weighted by Gasteiger charge is 2.53. The van der Waals surface area contributed by atoms with Gasteiger partial charge in [-0.1, -0.05) is 24.8 Å². The van der Waals surface area contributed by atoms with E-state index in [9.17, 15) is 4.79 Å². The summed E-state index contributed by atoms with van der Waals surface area (Å²) in [7, 11) is 0.727. The minimum absolute atomic E-state index is 0.421. The highest BCUT2D eigenvalue weighted by molar-refractivity contribution is 6.57. The van der Waals surface area contributed by atoms with Crippen molar-refractivity contribution in [2.75, 3.05) is 7.11 Å². The Morgan fingerprint density at radius 1 is 1.20 bits per heavy atom. The van der Waals surface area contributed by atoms with E-state index in [0.717, 1.165) is 0 Å². The minimum Gasteiger partial charge on any atom is -0.465 e. The molecule has 1 aliphatic heterocycles. The molecule has 0 aliphatic carbocycles. The number of esters is 1. The molecule has 0 atom stereocenters. The fourth-order valence-corrected chi connectivity index (χ4v) is 1.90. The molecule has 1 saturated heterocycles. The molecular weight excluding hydrogens is 255 g/mol. The van der Waals surface area contributed by atoms with Gasteiger partial charge in [-0.05, 0) is 40.1 Å². The second-order valence-corrected chi connectivity index (χ2v) is 5.64. The van der Waals surface area contributed by atoms with Crippen LogP contribution in [0.2, 0.25) is 0 Å². The molecule has 0 aromatic heterocycles. The molecule has 0 aromatic carbocycles. The molecule has 1 heterocycles. The Bertz CT molecular complexity index is 444. The van der Waals surface area contributed by atoms with Gasteiger partial charge in [-0.15, -0.1) is 0 Å². The predicted molar refractivity (Wildman–Crippen MR) is 80.1 cm³/mol. The van der Waals surface area contributed by atoms with E-state index in [2.05, 4.69) is 6.58 Å². The monoisotopic (exact) mass is 278 g/mol. The molecule has 5 heteroatoms. The lowest BCUT2D eigenvalue weighted by atomic mass is 9.73. The van der Waals surface area contributed by atoms with Crippen LogP contribution in [0.3, 0.4) is 0 Å². The second kappa shape index (κ2) is 5.98. The van der Waals surface area contributed by atoms with Crippen LogP contribution in [-0.4, -0.2) is 31.4 Å². The molecule has 1 aliphatic rings. The number of allylic oxidation sites excluding steroid dienone is 3. The topological polar surface area (TPSA) is 44.8 Å². The Morgan fingerprint density at radius 2 is 1.70 bits per heavy atom. The van der Waals surface area contributed by atoms with Gasteiger partial charge in [-0.2, -0.15) is 0 Å². The van der Waals surface area contributed by atoms with Gasteiger partial charge < -0.3 is 14.0 Å².